The monoisotopic (exact) mass is 650 g/mol. The van der Waals surface area contributed by atoms with Gasteiger partial charge in [0.05, 0.1) is 35.1 Å². The summed E-state index contributed by atoms with van der Waals surface area (Å²) in [6.45, 7) is 16.3. The maximum absolute atomic E-state index is 13.7. The first kappa shape index (κ1) is 33.7. The molecule has 4 rings (SSSR count). The Morgan fingerprint density at radius 3 is 2.47 bits per heavy atom. The fourth-order valence-corrected chi connectivity index (χ4v) is 8.19. The molecule has 0 amide bonds. The lowest BCUT2D eigenvalue weighted by atomic mass is 9.97. The Balaban J connectivity index is 1.98. The minimum atomic E-state index is -3.57. The maximum Gasteiger partial charge on any atom is 0.355 e. The van der Waals surface area contributed by atoms with Gasteiger partial charge in [0.2, 0.25) is 10.0 Å². The molecule has 0 fully saturated rings. The Labute approximate surface area is 262 Å². The van der Waals surface area contributed by atoms with Gasteiger partial charge in [-0.2, -0.15) is 9.40 Å². The van der Waals surface area contributed by atoms with E-state index < -0.39 is 24.3 Å². The Morgan fingerprint density at radius 2 is 1.84 bits per heavy atom. The molecule has 12 heteroatoms. The van der Waals surface area contributed by atoms with Crippen molar-refractivity contribution in [1.29, 1.82) is 0 Å². The highest BCUT2D eigenvalue weighted by Gasteiger charge is 2.37. The third-order valence-electron chi connectivity index (χ3n) is 9.04. The van der Waals surface area contributed by atoms with Crippen LogP contribution in [0.1, 0.15) is 74.9 Å². The minimum Gasteiger partial charge on any atom is -0.461 e. The molecule has 0 bridgehead atoms. The van der Waals surface area contributed by atoms with E-state index in [4.69, 9.17) is 25.9 Å². The molecule has 3 heterocycles. The van der Waals surface area contributed by atoms with Crippen LogP contribution in [0.3, 0.4) is 0 Å². The van der Waals surface area contributed by atoms with E-state index in [2.05, 4.69) is 33.9 Å². The SMILES string of the molecule is CCOC(=O)c1c(CCCO[Si](C)(C)C(C)(C)C)c2ccc(Cl)c3c2n1CCCS(=O)(=O)N(C)Cc1nn(C)c(CC)c1-3. The predicted molar refractivity (Wildman–Crippen MR) is 176 cm³/mol. The molecule has 0 unspecified atom stereocenters. The second-order valence-electron chi connectivity index (χ2n) is 12.9. The summed E-state index contributed by atoms with van der Waals surface area (Å²) < 4.78 is 43.8. The standard InChI is InChI=1S/C31H47ClN4O5SSi/c1-10-25-27-24(33-35(25)7)20-34(6)42(38,39)19-13-17-36-28-22(15-16-23(32)26(27)28)21(29(36)30(37)40-11-2)14-12-18-41-43(8,9)31(3,4)5/h15-16H,10-14,17-20H2,1-9H3. The summed E-state index contributed by atoms with van der Waals surface area (Å²) in [5.74, 6) is -0.474. The van der Waals surface area contributed by atoms with Crippen molar-refractivity contribution in [2.24, 2.45) is 7.05 Å². The van der Waals surface area contributed by atoms with Crippen LogP contribution in [0.5, 0.6) is 0 Å². The second-order valence-corrected chi connectivity index (χ2v) is 20.3. The summed E-state index contributed by atoms with van der Waals surface area (Å²) in [7, 11) is -2.04. The summed E-state index contributed by atoms with van der Waals surface area (Å²) in [6, 6.07) is 3.86. The van der Waals surface area contributed by atoms with E-state index >= 15 is 0 Å². The average molecular weight is 651 g/mol. The molecule has 3 aromatic rings. The molecule has 2 aromatic heterocycles. The van der Waals surface area contributed by atoms with Crippen molar-refractivity contribution in [2.45, 2.75) is 91.5 Å². The van der Waals surface area contributed by atoms with Gasteiger partial charge in [-0.15, -0.1) is 0 Å². The molecular formula is C31H47ClN4O5SSi. The molecule has 0 saturated carbocycles. The molecule has 0 radical (unpaired) electrons. The van der Waals surface area contributed by atoms with Crippen LogP contribution in [0, 0.1) is 0 Å². The summed E-state index contributed by atoms with van der Waals surface area (Å²) in [5.41, 5.74) is 5.35. The number of hydrogen-bond donors (Lipinski definition) is 0. The van der Waals surface area contributed by atoms with E-state index in [0.717, 1.165) is 39.7 Å². The fourth-order valence-electron chi connectivity index (χ4n) is 5.73. The van der Waals surface area contributed by atoms with Crippen molar-refractivity contribution >= 4 is 46.8 Å². The number of benzene rings is 1. The molecule has 1 aromatic carbocycles. The van der Waals surface area contributed by atoms with Gasteiger partial charge in [0.15, 0.2) is 8.32 Å². The quantitative estimate of drug-likeness (QED) is 0.156. The van der Waals surface area contributed by atoms with Gasteiger partial charge in [0.1, 0.15) is 5.69 Å². The third kappa shape index (κ3) is 6.47. The summed E-state index contributed by atoms with van der Waals surface area (Å²) in [4.78, 5) is 13.7. The van der Waals surface area contributed by atoms with E-state index in [-0.39, 0.29) is 23.9 Å². The van der Waals surface area contributed by atoms with Crippen LogP contribution >= 0.6 is 11.6 Å². The normalized spacial score (nSPS) is 16.2. The van der Waals surface area contributed by atoms with Crippen LogP contribution in [0.2, 0.25) is 23.2 Å². The first-order chi connectivity index (χ1) is 20.1. The van der Waals surface area contributed by atoms with Gasteiger partial charge < -0.3 is 13.7 Å². The second kappa shape index (κ2) is 12.7. The van der Waals surface area contributed by atoms with Crippen LogP contribution in [0.4, 0.5) is 0 Å². The average Bonchev–Trinajstić information content (AvgIpc) is 3.38. The lowest BCUT2D eigenvalue weighted by Gasteiger charge is -2.36. The largest absolute Gasteiger partial charge is 0.461 e. The van der Waals surface area contributed by atoms with Crippen molar-refractivity contribution in [3.8, 4) is 11.1 Å². The molecule has 1 aliphatic rings. The van der Waals surface area contributed by atoms with Crippen molar-refractivity contribution in [2.75, 3.05) is 26.0 Å². The van der Waals surface area contributed by atoms with Crippen LogP contribution < -0.4 is 0 Å². The number of ether oxygens (including phenoxy) is 1. The van der Waals surface area contributed by atoms with E-state index in [1.807, 2.05) is 35.4 Å². The fraction of sp³-hybridized carbons (Fsp3) is 0.613. The van der Waals surface area contributed by atoms with E-state index in [1.165, 1.54) is 4.31 Å². The van der Waals surface area contributed by atoms with Crippen LogP contribution in [0.15, 0.2) is 12.1 Å². The Hall–Kier alpha value is -2.18. The zero-order valence-electron chi connectivity index (χ0n) is 27.1. The Morgan fingerprint density at radius 1 is 1.14 bits per heavy atom. The zero-order valence-corrected chi connectivity index (χ0v) is 29.7. The number of esters is 1. The van der Waals surface area contributed by atoms with Gasteiger partial charge in [-0.05, 0) is 62.4 Å². The van der Waals surface area contributed by atoms with Crippen LogP contribution in [0.25, 0.3) is 22.0 Å². The Bertz CT molecular complexity index is 1620. The topological polar surface area (TPSA) is 95.7 Å². The molecule has 238 valence electrons. The molecule has 0 aliphatic carbocycles. The number of nitrogens with zero attached hydrogens (tertiary/aromatic N) is 4. The van der Waals surface area contributed by atoms with Crippen LogP contribution in [-0.2, 0) is 52.2 Å². The highest BCUT2D eigenvalue weighted by Crippen LogP contribution is 2.43. The summed E-state index contributed by atoms with van der Waals surface area (Å²) in [6.07, 6.45) is 2.34. The number of halogens is 1. The number of rotatable bonds is 8. The first-order valence-corrected chi connectivity index (χ1v) is 20.1. The van der Waals surface area contributed by atoms with Gasteiger partial charge in [-0.25, -0.2) is 13.2 Å². The van der Waals surface area contributed by atoms with E-state index in [0.29, 0.717) is 48.8 Å². The van der Waals surface area contributed by atoms with Gasteiger partial charge in [-0.3, -0.25) is 4.68 Å². The van der Waals surface area contributed by atoms with E-state index in [1.54, 1.807) is 14.0 Å². The number of sulfonamides is 1. The van der Waals surface area contributed by atoms with Crippen molar-refractivity contribution in [1.82, 2.24) is 18.7 Å². The molecule has 0 N–H and O–H groups in total. The first-order valence-electron chi connectivity index (χ1n) is 15.2. The number of carbonyl (C=O) groups excluding carboxylic acids is 1. The lowest BCUT2D eigenvalue weighted by molar-refractivity contribution is 0.0512. The number of fused-ring (bicyclic) bond motifs is 2. The lowest BCUT2D eigenvalue weighted by Crippen LogP contribution is -2.41. The molecule has 0 atom stereocenters. The van der Waals surface area contributed by atoms with Crippen LogP contribution in [-0.4, -0.2) is 67.4 Å². The smallest absolute Gasteiger partial charge is 0.355 e. The van der Waals surface area contributed by atoms with Gasteiger partial charge >= 0.3 is 5.97 Å². The highest BCUT2D eigenvalue weighted by atomic mass is 35.5. The third-order valence-corrected chi connectivity index (χ3v) is 15.8. The Kier molecular flexibility index (Phi) is 9.93. The number of aromatic nitrogens is 3. The van der Waals surface area contributed by atoms with E-state index in [9.17, 15) is 13.2 Å². The number of hydrogen-bond acceptors (Lipinski definition) is 6. The summed E-state index contributed by atoms with van der Waals surface area (Å²) >= 11 is 7.04. The van der Waals surface area contributed by atoms with Gasteiger partial charge in [0, 0.05) is 49.5 Å². The highest BCUT2D eigenvalue weighted by molar-refractivity contribution is 7.89. The van der Waals surface area contributed by atoms with Crippen molar-refractivity contribution in [3.05, 3.63) is 39.8 Å². The summed E-state index contributed by atoms with van der Waals surface area (Å²) in [5, 5.41) is 6.33. The number of aryl methyl sites for hydroxylation is 3. The van der Waals surface area contributed by atoms with Crippen molar-refractivity contribution < 1.29 is 22.4 Å². The molecule has 0 saturated heterocycles. The molecular weight excluding hydrogens is 604 g/mol. The zero-order chi connectivity index (χ0) is 31.9. The molecule has 43 heavy (non-hydrogen) atoms. The molecule has 0 spiro atoms. The van der Waals surface area contributed by atoms with Crippen molar-refractivity contribution in [3.63, 3.8) is 0 Å². The molecule has 9 nitrogen and oxygen atoms in total. The predicted octanol–water partition coefficient (Wildman–Crippen LogP) is 6.55. The number of carbonyl (C=O) groups is 1. The van der Waals surface area contributed by atoms with Gasteiger partial charge in [-0.1, -0.05) is 45.4 Å². The molecule has 1 aliphatic heterocycles. The minimum absolute atomic E-state index is 0.0557. The maximum atomic E-state index is 13.7. The van der Waals surface area contributed by atoms with Gasteiger partial charge in [0.25, 0.3) is 0 Å².